The summed E-state index contributed by atoms with van der Waals surface area (Å²) in [5.41, 5.74) is 3.89. The molecule has 20 heavy (non-hydrogen) atoms. The monoisotopic (exact) mass is 414 g/mol. The molecule has 0 aromatic heterocycles. The normalized spacial score (nSPS) is 11.6. The standard InChI is InChI=1S/C17H17Br2Cl/c1-13-6-2-4-8-15(13)17(11-18,12-19)10-14-7-3-5-9-16(14)20/h2-9H,10-12H2,1H3. The molecule has 0 spiro atoms. The third-order valence-corrected chi connectivity index (χ3v) is 6.23. The molecule has 0 N–H and O–H groups in total. The van der Waals surface area contributed by atoms with Gasteiger partial charge in [-0.15, -0.1) is 0 Å². The fourth-order valence-electron chi connectivity index (χ4n) is 2.54. The van der Waals surface area contributed by atoms with Gasteiger partial charge in [-0.1, -0.05) is 85.9 Å². The van der Waals surface area contributed by atoms with Crippen LogP contribution in [0.3, 0.4) is 0 Å². The number of alkyl halides is 2. The van der Waals surface area contributed by atoms with E-state index in [9.17, 15) is 0 Å². The van der Waals surface area contributed by atoms with E-state index in [1.165, 1.54) is 16.7 Å². The van der Waals surface area contributed by atoms with E-state index in [1.807, 2.05) is 18.2 Å². The second-order valence-electron chi connectivity index (χ2n) is 5.13. The van der Waals surface area contributed by atoms with Crippen LogP contribution in [0.25, 0.3) is 0 Å². The van der Waals surface area contributed by atoms with Crippen molar-refractivity contribution in [3.63, 3.8) is 0 Å². The van der Waals surface area contributed by atoms with Crippen LogP contribution in [0.1, 0.15) is 16.7 Å². The highest BCUT2D eigenvalue weighted by molar-refractivity contribution is 9.09. The van der Waals surface area contributed by atoms with Gasteiger partial charge in [-0.2, -0.15) is 0 Å². The Labute approximate surface area is 142 Å². The molecule has 0 fully saturated rings. The van der Waals surface area contributed by atoms with E-state index in [4.69, 9.17) is 11.6 Å². The summed E-state index contributed by atoms with van der Waals surface area (Å²) < 4.78 is 0. The molecule has 0 bridgehead atoms. The molecule has 2 aromatic rings. The molecule has 2 rings (SSSR count). The van der Waals surface area contributed by atoms with Crippen molar-refractivity contribution in [2.45, 2.75) is 18.8 Å². The molecule has 0 saturated heterocycles. The van der Waals surface area contributed by atoms with Crippen molar-refractivity contribution in [2.75, 3.05) is 10.7 Å². The number of aryl methyl sites for hydroxylation is 1. The first-order valence-electron chi connectivity index (χ1n) is 6.54. The fourth-order valence-corrected chi connectivity index (χ4v) is 4.68. The molecule has 0 aliphatic carbocycles. The maximum atomic E-state index is 6.34. The second-order valence-corrected chi connectivity index (χ2v) is 6.66. The molecule has 0 heterocycles. The summed E-state index contributed by atoms with van der Waals surface area (Å²) >= 11 is 13.8. The van der Waals surface area contributed by atoms with E-state index in [1.54, 1.807) is 0 Å². The Kier molecular flexibility index (Phi) is 5.71. The largest absolute Gasteiger partial charge is 0.0918 e. The maximum Gasteiger partial charge on any atom is 0.0438 e. The van der Waals surface area contributed by atoms with Gasteiger partial charge >= 0.3 is 0 Å². The second kappa shape index (κ2) is 7.11. The van der Waals surface area contributed by atoms with Crippen molar-refractivity contribution in [3.8, 4) is 0 Å². The van der Waals surface area contributed by atoms with Gasteiger partial charge < -0.3 is 0 Å². The van der Waals surface area contributed by atoms with E-state index in [0.717, 1.165) is 22.1 Å². The van der Waals surface area contributed by atoms with E-state index in [-0.39, 0.29) is 5.41 Å². The first-order valence-corrected chi connectivity index (χ1v) is 9.16. The average Bonchev–Trinajstić information content (AvgIpc) is 2.48. The van der Waals surface area contributed by atoms with Crippen LogP contribution in [0, 0.1) is 6.92 Å². The molecule has 2 aromatic carbocycles. The number of hydrogen-bond acceptors (Lipinski definition) is 0. The Morgan fingerprint density at radius 2 is 1.55 bits per heavy atom. The zero-order valence-corrected chi connectivity index (χ0v) is 15.3. The molecule has 3 heteroatoms. The van der Waals surface area contributed by atoms with Crippen molar-refractivity contribution < 1.29 is 0 Å². The van der Waals surface area contributed by atoms with E-state index < -0.39 is 0 Å². The van der Waals surface area contributed by atoms with Gasteiger partial charge in [0.15, 0.2) is 0 Å². The van der Waals surface area contributed by atoms with Crippen LogP contribution in [0.4, 0.5) is 0 Å². The Balaban J connectivity index is 2.46. The molecule has 0 unspecified atom stereocenters. The van der Waals surface area contributed by atoms with Crippen LogP contribution in [0.15, 0.2) is 48.5 Å². The van der Waals surface area contributed by atoms with Crippen LogP contribution in [-0.2, 0) is 11.8 Å². The summed E-state index contributed by atoms with van der Waals surface area (Å²) in [6, 6.07) is 16.7. The summed E-state index contributed by atoms with van der Waals surface area (Å²) in [6.07, 6.45) is 0.911. The first kappa shape index (κ1) is 16.1. The molecule has 0 aliphatic rings. The van der Waals surface area contributed by atoms with E-state index in [0.29, 0.717) is 0 Å². The summed E-state index contributed by atoms with van der Waals surface area (Å²) in [5, 5.41) is 2.62. The highest BCUT2D eigenvalue weighted by atomic mass is 79.9. The zero-order chi connectivity index (χ0) is 14.6. The third kappa shape index (κ3) is 3.29. The van der Waals surface area contributed by atoms with Crippen LogP contribution in [0.2, 0.25) is 5.02 Å². The molecule has 0 amide bonds. The summed E-state index contributed by atoms with van der Waals surface area (Å²) in [4.78, 5) is 0. The van der Waals surface area contributed by atoms with Gasteiger partial charge in [-0.25, -0.2) is 0 Å². The molecule has 0 atom stereocenters. The summed E-state index contributed by atoms with van der Waals surface area (Å²) in [6.45, 7) is 2.17. The lowest BCUT2D eigenvalue weighted by Gasteiger charge is -2.32. The van der Waals surface area contributed by atoms with Crippen molar-refractivity contribution in [3.05, 3.63) is 70.2 Å². The lowest BCUT2D eigenvalue weighted by molar-refractivity contribution is 0.548. The molecule has 0 radical (unpaired) electrons. The summed E-state index contributed by atoms with van der Waals surface area (Å²) in [5.74, 6) is 0. The van der Waals surface area contributed by atoms with Crippen molar-refractivity contribution in [1.82, 2.24) is 0 Å². The smallest absolute Gasteiger partial charge is 0.0438 e. The SMILES string of the molecule is Cc1ccccc1C(CBr)(CBr)Cc1ccccc1Cl. The van der Waals surface area contributed by atoms with Crippen LogP contribution < -0.4 is 0 Å². The van der Waals surface area contributed by atoms with Crippen molar-refractivity contribution in [2.24, 2.45) is 0 Å². The maximum absolute atomic E-state index is 6.34. The quantitative estimate of drug-likeness (QED) is 0.531. The molecule has 0 nitrogen and oxygen atoms in total. The fraction of sp³-hybridized carbons (Fsp3) is 0.294. The van der Waals surface area contributed by atoms with Crippen molar-refractivity contribution in [1.29, 1.82) is 0 Å². The van der Waals surface area contributed by atoms with Gasteiger partial charge in [-0.3, -0.25) is 0 Å². The van der Waals surface area contributed by atoms with Gasteiger partial charge in [-0.05, 0) is 36.1 Å². The predicted octanol–water partition coefficient (Wildman–Crippen LogP) is 5.92. The Morgan fingerprint density at radius 1 is 0.950 bits per heavy atom. The Hall–Kier alpha value is -0.310. The Morgan fingerprint density at radius 3 is 2.15 bits per heavy atom. The molecule has 106 valence electrons. The molecule has 0 aliphatic heterocycles. The van der Waals surface area contributed by atoms with E-state index >= 15 is 0 Å². The minimum Gasteiger partial charge on any atom is -0.0918 e. The van der Waals surface area contributed by atoms with Gasteiger partial charge in [0, 0.05) is 21.1 Å². The van der Waals surface area contributed by atoms with Gasteiger partial charge in [0.05, 0.1) is 0 Å². The van der Waals surface area contributed by atoms with Crippen molar-refractivity contribution >= 4 is 43.5 Å². The number of rotatable bonds is 5. The lowest BCUT2D eigenvalue weighted by atomic mass is 9.77. The van der Waals surface area contributed by atoms with Crippen LogP contribution in [-0.4, -0.2) is 10.7 Å². The highest BCUT2D eigenvalue weighted by Gasteiger charge is 2.32. The minimum absolute atomic E-state index is 0.0103. The predicted molar refractivity (Wildman–Crippen MR) is 95.6 cm³/mol. The molecule has 0 saturated carbocycles. The lowest BCUT2D eigenvalue weighted by Crippen LogP contribution is -2.33. The number of benzene rings is 2. The number of halogens is 3. The zero-order valence-electron chi connectivity index (χ0n) is 11.4. The first-order chi connectivity index (χ1) is 9.63. The minimum atomic E-state index is 0.0103. The van der Waals surface area contributed by atoms with Gasteiger partial charge in [0.25, 0.3) is 0 Å². The molecular weight excluding hydrogens is 399 g/mol. The Bertz CT molecular complexity index is 577. The summed E-state index contributed by atoms with van der Waals surface area (Å²) in [7, 11) is 0. The third-order valence-electron chi connectivity index (χ3n) is 3.71. The highest BCUT2D eigenvalue weighted by Crippen LogP contribution is 2.36. The topological polar surface area (TPSA) is 0 Å². The van der Waals surface area contributed by atoms with E-state index in [2.05, 4.69) is 69.1 Å². The molecular formula is C17H17Br2Cl. The van der Waals surface area contributed by atoms with Crippen LogP contribution >= 0.6 is 43.5 Å². The van der Waals surface area contributed by atoms with Gasteiger partial charge in [0.1, 0.15) is 0 Å². The van der Waals surface area contributed by atoms with Gasteiger partial charge in [0.2, 0.25) is 0 Å². The van der Waals surface area contributed by atoms with Crippen LogP contribution in [0.5, 0.6) is 0 Å². The average molecular weight is 417 g/mol. The number of hydrogen-bond donors (Lipinski definition) is 0.